The molecule has 0 unspecified atom stereocenters. The van der Waals surface area contributed by atoms with Gasteiger partial charge >= 0.3 is 5.97 Å². The van der Waals surface area contributed by atoms with E-state index >= 15 is 0 Å². The highest BCUT2D eigenvalue weighted by atomic mass is 32.2. The highest BCUT2D eigenvalue weighted by molar-refractivity contribution is 7.98. The van der Waals surface area contributed by atoms with Crippen molar-refractivity contribution in [2.24, 2.45) is 0 Å². The number of carboxylic acids is 1. The van der Waals surface area contributed by atoms with Crippen molar-refractivity contribution in [1.82, 2.24) is 46.2 Å². The van der Waals surface area contributed by atoms with Gasteiger partial charge < -0.3 is 51.3 Å². The number of aliphatic carboxylic acids is 1. The average Bonchev–Trinajstić information content (AvgIpc) is 4.04. The SMILES string of the molecule is CSCC[C@H](NC(=O)CNC(=O)[C@@H]1CCCN1C(=O)[C@@H]1CCCN1C(=O)CNC(=O)[C@@H]1CCCN1C(=O)[C@@H]1CCCN1)C(=O)N1CCC[C@H]1C(=O)NCC(=O)O. The van der Waals surface area contributed by atoms with Crippen LogP contribution in [0.5, 0.6) is 0 Å². The quantitative estimate of drug-likeness (QED) is 0.0939. The van der Waals surface area contributed by atoms with Crippen molar-refractivity contribution in [1.29, 1.82) is 0 Å². The van der Waals surface area contributed by atoms with E-state index in [0.717, 1.165) is 19.4 Å². The second-order valence-electron chi connectivity index (χ2n) is 14.9. The Balaban J connectivity index is 1.11. The third-order valence-corrected chi connectivity index (χ3v) is 11.9. The van der Waals surface area contributed by atoms with Crippen LogP contribution < -0.4 is 26.6 Å². The van der Waals surface area contributed by atoms with Crippen molar-refractivity contribution in [3.8, 4) is 0 Å². The normalized spacial score (nSPS) is 25.2. The number of rotatable bonds is 16. The minimum Gasteiger partial charge on any atom is -0.480 e. The Morgan fingerprint density at radius 3 is 1.73 bits per heavy atom. The topological polar surface area (TPSA) is 247 Å². The van der Waals surface area contributed by atoms with Gasteiger partial charge in [0.25, 0.3) is 0 Å². The molecule has 0 aromatic carbocycles. The molecule has 0 bridgehead atoms. The number of amides is 8. The number of hydrogen-bond donors (Lipinski definition) is 6. The molecule has 8 amide bonds. The van der Waals surface area contributed by atoms with E-state index in [1.54, 1.807) is 4.90 Å². The van der Waals surface area contributed by atoms with Crippen LogP contribution in [0.25, 0.3) is 0 Å². The third kappa shape index (κ3) is 10.5. The first-order valence-electron chi connectivity index (χ1n) is 19.7. The molecule has 5 saturated heterocycles. The van der Waals surface area contributed by atoms with Crippen molar-refractivity contribution in [2.75, 3.05) is 64.4 Å². The number of carboxylic acid groups (broad SMARTS) is 1. The molecule has 56 heavy (non-hydrogen) atoms. The number of likely N-dealkylation sites (tertiary alicyclic amines) is 4. The fourth-order valence-corrected chi connectivity index (χ4v) is 8.88. The molecule has 0 spiro atoms. The van der Waals surface area contributed by atoms with Crippen molar-refractivity contribution in [2.45, 2.75) is 107 Å². The van der Waals surface area contributed by atoms with Crippen LogP contribution in [0.3, 0.4) is 0 Å². The van der Waals surface area contributed by atoms with Crippen molar-refractivity contribution in [3.05, 3.63) is 0 Å². The van der Waals surface area contributed by atoms with Gasteiger partial charge in [-0.15, -0.1) is 0 Å². The van der Waals surface area contributed by atoms with Crippen LogP contribution in [-0.2, 0) is 43.2 Å². The number of hydrogen-bond acceptors (Lipinski definition) is 11. The van der Waals surface area contributed by atoms with Crippen LogP contribution in [0.4, 0.5) is 0 Å². The lowest BCUT2D eigenvalue weighted by atomic mass is 10.1. The molecule has 0 aromatic heterocycles. The standard InChI is InChI=1S/C36H55N9O10S/c1-56-18-12-23(35(54)44-16-4-9-25(44)33(52)40-21-30(48)49)41-28(46)19-38-31(50)26-10-5-17-45(26)36(55)27-11-6-14-42(27)29(47)20-39-32(51)24-8-3-15-43(24)34(53)22-7-2-13-37-22/h22-27,37H,2-21H2,1H3,(H,38,50)(H,39,51)(H,40,52)(H,41,46)(H,48,49)/t22-,23-,24-,25-,26-,27-/m0/s1. The number of carbonyl (C=O) groups excluding carboxylic acids is 8. The maximum atomic E-state index is 13.8. The lowest BCUT2D eigenvalue weighted by Gasteiger charge is -2.31. The maximum Gasteiger partial charge on any atom is 0.322 e. The largest absolute Gasteiger partial charge is 0.480 e. The molecular weight excluding hydrogens is 751 g/mol. The van der Waals surface area contributed by atoms with E-state index in [4.69, 9.17) is 5.11 Å². The summed E-state index contributed by atoms with van der Waals surface area (Å²) in [6.45, 7) is 0.776. The second-order valence-corrected chi connectivity index (χ2v) is 15.9. The molecular formula is C36H55N9O10S. The Bertz CT molecular complexity index is 1530. The number of carbonyl (C=O) groups is 9. The summed E-state index contributed by atoms with van der Waals surface area (Å²) in [7, 11) is 0. The lowest BCUT2D eigenvalue weighted by molar-refractivity contribution is -0.147. The molecule has 0 aromatic rings. The Labute approximate surface area is 330 Å². The highest BCUT2D eigenvalue weighted by Crippen LogP contribution is 2.26. The number of nitrogens with zero attached hydrogens (tertiary/aromatic N) is 4. The Morgan fingerprint density at radius 1 is 0.643 bits per heavy atom. The summed E-state index contributed by atoms with van der Waals surface area (Å²) >= 11 is 1.47. The van der Waals surface area contributed by atoms with E-state index < -0.39 is 84.7 Å². The first-order chi connectivity index (χ1) is 26.9. The number of thioether (sulfide) groups is 1. The van der Waals surface area contributed by atoms with Crippen LogP contribution >= 0.6 is 11.8 Å². The summed E-state index contributed by atoms with van der Waals surface area (Å²) in [4.78, 5) is 123. The first-order valence-corrected chi connectivity index (χ1v) is 21.1. The van der Waals surface area contributed by atoms with Gasteiger partial charge in [0, 0.05) is 26.2 Å². The molecule has 310 valence electrons. The van der Waals surface area contributed by atoms with E-state index in [-0.39, 0.29) is 37.4 Å². The van der Waals surface area contributed by atoms with E-state index in [9.17, 15) is 43.2 Å². The van der Waals surface area contributed by atoms with Crippen LogP contribution in [0, 0.1) is 0 Å². The average molecular weight is 806 g/mol. The minimum atomic E-state index is -1.21. The van der Waals surface area contributed by atoms with E-state index in [1.165, 1.54) is 26.5 Å². The van der Waals surface area contributed by atoms with Gasteiger partial charge in [-0.1, -0.05) is 0 Å². The zero-order chi connectivity index (χ0) is 40.4. The van der Waals surface area contributed by atoms with Crippen LogP contribution in [0.1, 0.15) is 70.6 Å². The van der Waals surface area contributed by atoms with E-state index in [2.05, 4.69) is 26.6 Å². The zero-order valence-electron chi connectivity index (χ0n) is 31.9. The maximum absolute atomic E-state index is 13.8. The van der Waals surface area contributed by atoms with Gasteiger partial charge in [0.1, 0.15) is 36.8 Å². The molecule has 0 radical (unpaired) electrons. The van der Waals surface area contributed by atoms with Crippen molar-refractivity contribution >= 4 is 65.0 Å². The van der Waals surface area contributed by atoms with Crippen LogP contribution in [0.2, 0.25) is 0 Å². The van der Waals surface area contributed by atoms with E-state index in [0.29, 0.717) is 76.8 Å². The minimum absolute atomic E-state index is 0.0952. The van der Waals surface area contributed by atoms with E-state index in [1.807, 2.05) is 6.26 Å². The smallest absolute Gasteiger partial charge is 0.322 e. The van der Waals surface area contributed by atoms with Gasteiger partial charge in [0.2, 0.25) is 47.3 Å². The van der Waals surface area contributed by atoms with Gasteiger partial charge in [0.15, 0.2) is 0 Å². The molecule has 0 aliphatic carbocycles. The summed E-state index contributed by atoms with van der Waals surface area (Å²) in [5.41, 5.74) is 0. The second kappa shape index (κ2) is 20.1. The fraction of sp³-hybridized carbons (Fsp3) is 0.750. The van der Waals surface area contributed by atoms with Crippen molar-refractivity contribution in [3.63, 3.8) is 0 Å². The Morgan fingerprint density at radius 2 is 1.16 bits per heavy atom. The first kappa shape index (κ1) is 42.7. The molecule has 6 N–H and O–H groups in total. The summed E-state index contributed by atoms with van der Waals surface area (Å²) in [6, 6.07) is -4.45. The molecule has 5 aliphatic rings. The van der Waals surface area contributed by atoms with Gasteiger partial charge in [-0.25, -0.2) is 0 Å². The van der Waals surface area contributed by atoms with Gasteiger partial charge in [-0.3, -0.25) is 43.2 Å². The molecule has 5 aliphatic heterocycles. The molecule has 6 atom stereocenters. The summed E-state index contributed by atoms with van der Waals surface area (Å²) in [5, 5.41) is 22.4. The lowest BCUT2D eigenvalue weighted by Crippen LogP contribution is -2.56. The highest BCUT2D eigenvalue weighted by Gasteiger charge is 2.43. The monoisotopic (exact) mass is 805 g/mol. The summed E-state index contributed by atoms with van der Waals surface area (Å²) in [5.74, 6) is -4.20. The van der Waals surface area contributed by atoms with Gasteiger partial charge in [-0.05, 0) is 89.2 Å². The van der Waals surface area contributed by atoms with Crippen LogP contribution in [-0.4, -0.2) is 179 Å². The number of nitrogens with one attached hydrogen (secondary N) is 5. The zero-order valence-corrected chi connectivity index (χ0v) is 32.7. The van der Waals surface area contributed by atoms with Crippen molar-refractivity contribution < 1.29 is 48.3 Å². The molecule has 5 rings (SSSR count). The molecule has 19 nitrogen and oxygen atoms in total. The van der Waals surface area contributed by atoms with Gasteiger partial charge in [-0.2, -0.15) is 11.8 Å². The van der Waals surface area contributed by atoms with Gasteiger partial charge in [0.05, 0.1) is 19.1 Å². The molecule has 20 heteroatoms. The predicted octanol–water partition coefficient (Wildman–Crippen LogP) is -2.63. The molecule has 5 fully saturated rings. The Hall–Kier alpha value is -4.46. The fourth-order valence-electron chi connectivity index (χ4n) is 8.40. The predicted molar refractivity (Wildman–Crippen MR) is 202 cm³/mol. The summed E-state index contributed by atoms with van der Waals surface area (Å²) < 4.78 is 0. The molecule has 5 heterocycles. The summed E-state index contributed by atoms with van der Waals surface area (Å²) in [6.07, 6.45) is 7.72. The van der Waals surface area contributed by atoms with Crippen LogP contribution in [0.15, 0.2) is 0 Å². The Kier molecular flexibility index (Phi) is 15.3. The third-order valence-electron chi connectivity index (χ3n) is 11.2. The molecule has 0 saturated carbocycles.